The zero-order valence-electron chi connectivity index (χ0n) is 14.2. The minimum atomic E-state index is 0.187. The highest BCUT2D eigenvalue weighted by Crippen LogP contribution is 2.32. The van der Waals surface area contributed by atoms with E-state index in [4.69, 9.17) is 39.5 Å². The Morgan fingerprint density at radius 2 is 1.89 bits per heavy atom. The molecule has 0 N–H and O–H groups in total. The van der Waals surface area contributed by atoms with Crippen molar-refractivity contribution in [1.29, 1.82) is 0 Å². The smallest absolute Gasteiger partial charge is 0.146 e. The average Bonchev–Trinajstić information content (AvgIpc) is 3.06. The number of fused-ring (bicyclic) bond motifs is 1. The van der Waals surface area contributed by atoms with Crippen molar-refractivity contribution >= 4 is 45.7 Å². The molecule has 0 saturated heterocycles. The van der Waals surface area contributed by atoms with E-state index >= 15 is 0 Å². The molecule has 0 spiro atoms. The van der Waals surface area contributed by atoms with Crippen LogP contribution in [0.3, 0.4) is 0 Å². The van der Waals surface area contributed by atoms with Gasteiger partial charge in [0.15, 0.2) is 0 Å². The van der Waals surface area contributed by atoms with E-state index in [0.29, 0.717) is 32.0 Å². The number of pyridine rings is 2. The highest BCUT2D eigenvalue weighted by molar-refractivity contribution is 6.35. The van der Waals surface area contributed by atoms with E-state index in [1.54, 1.807) is 12.3 Å². The van der Waals surface area contributed by atoms with Crippen LogP contribution in [0.25, 0.3) is 16.6 Å². The Labute approximate surface area is 170 Å². The Morgan fingerprint density at radius 1 is 1.11 bits per heavy atom. The molecule has 0 saturated carbocycles. The van der Waals surface area contributed by atoms with Crippen LogP contribution in [0.2, 0.25) is 15.2 Å². The number of rotatable bonds is 4. The number of halogens is 3. The summed E-state index contributed by atoms with van der Waals surface area (Å²) in [5, 5.41) is 2.15. The molecule has 3 heterocycles. The van der Waals surface area contributed by atoms with E-state index in [0.717, 1.165) is 16.9 Å². The largest absolute Gasteiger partial charge is 0.487 e. The molecule has 0 radical (unpaired) electrons. The van der Waals surface area contributed by atoms with E-state index in [1.165, 1.54) is 12.4 Å². The first kappa shape index (κ1) is 18.0. The summed E-state index contributed by atoms with van der Waals surface area (Å²) in [5.41, 5.74) is 2.19. The van der Waals surface area contributed by atoms with Gasteiger partial charge in [0.2, 0.25) is 0 Å². The maximum Gasteiger partial charge on any atom is 0.146 e. The first-order valence-corrected chi connectivity index (χ1v) is 9.18. The first-order chi connectivity index (χ1) is 13.0. The number of benzene rings is 1. The number of hydrogen-bond acceptors (Lipinski definition) is 4. The van der Waals surface area contributed by atoms with Gasteiger partial charge in [0.1, 0.15) is 28.9 Å². The quantitative estimate of drug-likeness (QED) is 0.400. The zero-order chi connectivity index (χ0) is 19.0. The second kappa shape index (κ2) is 7.35. The lowest BCUT2D eigenvalue weighted by molar-refractivity contribution is 0.309. The molecule has 4 aromatic rings. The summed E-state index contributed by atoms with van der Waals surface area (Å²) in [6.45, 7) is 2.11. The third kappa shape index (κ3) is 3.46. The van der Waals surface area contributed by atoms with Crippen LogP contribution in [0.4, 0.5) is 0 Å². The Morgan fingerprint density at radius 3 is 2.59 bits per heavy atom. The number of aryl methyl sites for hydroxylation is 1. The molecular formula is C19H13Cl3N4O. The number of nitrogens with zero attached hydrogens (tertiary/aromatic N) is 4. The van der Waals surface area contributed by atoms with Crippen molar-refractivity contribution in [2.75, 3.05) is 0 Å². The van der Waals surface area contributed by atoms with Gasteiger partial charge in [-0.15, -0.1) is 0 Å². The van der Waals surface area contributed by atoms with Gasteiger partial charge in [0.25, 0.3) is 0 Å². The number of hydrogen-bond donors (Lipinski definition) is 0. The fourth-order valence-electron chi connectivity index (χ4n) is 2.85. The lowest BCUT2D eigenvalue weighted by Gasteiger charge is -2.14. The Bertz CT molecular complexity index is 1120. The first-order valence-electron chi connectivity index (χ1n) is 8.05. The van der Waals surface area contributed by atoms with E-state index < -0.39 is 0 Å². The molecule has 8 heteroatoms. The molecule has 5 nitrogen and oxygen atoms in total. The van der Waals surface area contributed by atoms with Gasteiger partial charge >= 0.3 is 0 Å². The molecule has 3 aromatic heterocycles. The third-order valence-corrected chi connectivity index (χ3v) is 5.00. The molecule has 0 amide bonds. The van der Waals surface area contributed by atoms with E-state index in [-0.39, 0.29) is 6.61 Å². The summed E-state index contributed by atoms with van der Waals surface area (Å²) in [4.78, 5) is 12.7. The van der Waals surface area contributed by atoms with Crippen LogP contribution >= 0.6 is 34.8 Å². The Balaban J connectivity index is 1.79. The van der Waals surface area contributed by atoms with Crippen molar-refractivity contribution < 1.29 is 4.74 Å². The van der Waals surface area contributed by atoms with Gasteiger partial charge in [-0.25, -0.2) is 9.97 Å². The van der Waals surface area contributed by atoms with Crippen LogP contribution in [0.1, 0.15) is 11.4 Å². The molecule has 0 aliphatic rings. The monoisotopic (exact) mass is 418 g/mol. The Kier molecular flexibility index (Phi) is 4.91. The molecule has 136 valence electrons. The van der Waals surface area contributed by atoms with Gasteiger partial charge in [0, 0.05) is 41.8 Å². The molecular weight excluding hydrogens is 407 g/mol. The maximum absolute atomic E-state index is 6.28. The number of ether oxygens (including phenoxy) is 1. The molecule has 0 fully saturated rings. The molecule has 0 aliphatic heterocycles. The molecule has 0 atom stereocenters. The zero-order valence-corrected chi connectivity index (χ0v) is 16.4. The Hall–Kier alpha value is -2.34. The van der Waals surface area contributed by atoms with Crippen molar-refractivity contribution in [3.8, 4) is 11.4 Å². The van der Waals surface area contributed by atoms with Crippen molar-refractivity contribution in [2.24, 2.45) is 0 Å². The molecule has 0 bridgehead atoms. The van der Waals surface area contributed by atoms with Gasteiger partial charge in [-0.05, 0) is 13.0 Å². The summed E-state index contributed by atoms with van der Waals surface area (Å²) in [7, 11) is 0. The summed E-state index contributed by atoms with van der Waals surface area (Å²) in [5.74, 6) is 1.43. The van der Waals surface area contributed by atoms with Gasteiger partial charge in [-0.3, -0.25) is 4.98 Å². The second-order valence-electron chi connectivity index (χ2n) is 5.83. The second-order valence-corrected chi connectivity index (χ2v) is 7.03. The van der Waals surface area contributed by atoms with E-state index in [2.05, 4.69) is 15.0 Å². The third-order valence-electron chi connectivity index (χ3n) is 4.16. The predicted molar refractivity (Wildman–Crippen MR) is 107 cm³/mol. The summed E-state index contributed by atoms with van der Waals surface area (Å²) < 4.78 is 7.94. The predicted octanol–water partition coefficient (Wildman–Crippen LogP) is 5.66. The summed E-state index contributed by atoms with van der Waals surface area (Å²) in [6, 6.07) is 7.50. The standard InChI is InChI=1S/C19H13Cl3N4O/c1-11-24-5-6-26(11)16-7-18(22)25-19-12(16)3-2-4-17(19)27-10-13-14(20)8-23-9-15(13)21/h2-9H,10H2,1H3. The van der Waals surface area contributed by atoms with E-state index in [9.17, 15) is 0 Å². The highest BCUT2D eigenvalue weighted by atomic mass is 35.5. The summed E-state index contributed by atoms with van der Waals surface area (Å²) in [6.07, 6.45) is 6.68. The minimum Gasteiger partial charge on any atom is -0.487 e. The lowest BCUT2D eigenvalue weighted by Crippen LogP contribution is -2.01. The van der Waals surface area contributed by atoms with Crippen LogP contribution < -0.4 is 4.74 Å². The van der Waals surface area contributed by atoms with Crippen LogP contribution in [-0.4, -0.2) is 19.5 Å². The summed E-state index contributed by atoms with van der Waals surface area (Å²) >= 11 is 18.6. The minimum absolute atomic E-state index is 0.187. The van der Waals surface area contributed by atoms with Gasteiger partial charge in [-0.2, -0.15) is 0 Å². The van der Waals surface area contributed by atoms with Gasteiger partial charge in [0.05, 0.1) is 15.7 Å². The van der Waals surface area contributed by atoms with Crippen LogP contribution in [-0.2, 0) is 6.61 Å². The highest BCUT2D eigenvalue weighted by Gasteiger charge is 2.14. The number of para-hydroxylation sites is 1. The average molecular weight is 420 g/mol. The number of aromatic nitrogens is 4. The normalized spacial score (nSPS) is 11.1. The molecule has 27 heavy (non-hydrogen) atoms. The van der Waals surface area contributed by atoms with Crippen molar-refractivity contribution in [1.82, 2.24) is 19.5 Å². The maximum atomic E-state index is 6.28. The molecule has 0 unspecified atom stereocenters. The lowest BCUT2D eigenvalue weighted by atomic mass is 10.1. The van der Waals surface area contributed by atoms with E-state index in [1.807, 2.05) is 35.9 Å². The van der Waals surface area contributed by atoms with Crippen LogP contribution in [0.15, 0.2) is 49.1 Å². The van der Waals surface area contributed by atoms with Crippen LogP contribution in [0.5, 0.6) is 5.75 Å². The van der Waals surface area contributed by atoms with Gasteiger partial charge < -0.3 is 9.30 Å². The SMILES string of the molecule is Cc1nccn1-c1cc(Cl)nc2c(OCc3c(Cl)cncc3Cl)cccc12. The van der Waals surface area contributed by atoms with Crippen molar-refractivity contribution in [3.05, 3.63) is 75.6 Å². The number of imidazole rings is 1. The molecule has 0 aliphatic carbocycles. The van der Waals surface area contributed by atoms with Gasteiger partial charge in [-0.1, -0.05) is 46.9 Å². The van der Waals surface area contributed by atoms with Crippen LogP contribution in [0, 0.1) is 6.92 Å². The molecule has 1 aromatic carbocycles. The topological polar surface area (TPSA) is 52.8 Å². The fourth-order valence-corrected chi connectivity index (χ4v) is 3.51. The van der Waals surface area contributed by atoms with Crippen molar-refractivity contribution in [2.45, 2.75) is 13.5 Å². The fraction of sp³-hybridized carbons (Fsp3) is 0.105. The molecule has 4 rings (SSSR count). The van der Waals surface area contributed by atoms with Crippen molar-refractivity contribution in [3.63, 3.8) is 0 Å².